The molecule has 0 saturated carbocycles. The molecule has 2 aromatic heterocycles. The normalized spacial score (nSPS) is 10.7. The Morgan fingerprint density at radius 2 is 2.04 bits per heavy atom. The van der Waals surface area contributed by atoms with Gasteiger partial charge in [0.25, 0.3) is 5.88 Å². The van der Waals surface area contributed by atoms with E-state index in [1.54, 1.807) is 19.1 Å². The summed E-state index contributed by atoms with van der Waals surface area (Å²) in [6, 6.07) is 9.16. The van der Waals surface area contributed by atoms with E-state index in [2.05, 4.69) is 4.98 Å². The summed E-state index contributed by atoms with van der Waals surface area (Å²) in [5.74, 6) is -0.141. The molecule has 4 nitrogen and oxygen atoms in total. The molecule has 0 atom stereocenters. The second-order valence-electron chi connectivity index (χ2n) is 4.59. The van der Waals surface area contributed by atoms with Crippen LogP contribution in [0.5, 0.6) is 5.88 Å². The molecule has 0 bridgehead atoms. The second kappa shape index (κ2) is 6.52. The molecule has 23 heavy (non-hydrogen) atoms. The lowest BCUT2D eigenvalue weighted by atomic mass is 10.2. The number of esters is 1. The Morgan fingerprint density at radius 3 is 2.65 bits per heavy atom. The molecule has 118 valence electrons. The first-order valence-corrected chi connectivity index (χ1v) is 7.99. The molecular weight excluding hydrogens is 341 g/mol. The highest BCUT2D eigenvalue weighted by Gasteiger charge is 2.21. The zero-order valence-corrected chi connectivity index (χ0v) is 13.6. The zero-order valence-electron chi connectivity index (χ0n) is 12.0. The van der Waals surface area contributed by atoms with Crippen LogP contribution in [-0.4, -0.2) is 11.0 Å². The van der Waals surface area contributed by atoms with Crippen molar-refractivity contribution in [2.45, 2.75) is 13.3 Å². The van der Waals surface area contributed by atoms with E-state index in [0.717, 1.165) is 0 Å². The van der Waals surface area contributed by atoms with Gasteiger partial charge in [0.2, 0.25) is 11.7 Å². The molecule has 0 aliphatic carbocycles. The van der Waals surface area contributed by atoms with Gasteiger partial charge in [-0.3, -0.25) is 4.79 Å². The Kier molecular flexibility index (Phi) is 4.45. The summed E-state index contributed by atoms with van der Waals surface area (Å²) in [6.45, 7) is 1.69. The first-order valence-electron chi connectivity index (χ1n) is 6.80. The lowest BCUT2D eigenvalue weighted by Crippen LogP contribution is -2.06. The predicted molar refractivity (Wildman–Crippen MR) is 86.1 cm³/mol. The Morgan fingerprint density at radius 1 is 1.30 bits per heavy atom. The van der Waals surface area contributed by atoms with Crippen molar-refractivity contribution < 1.29 is 18.3 Å². The minimum absolute atomic E-state index is 0.0784. The quantitative estimate of drug-likeness (QED) is 0.608. The first kappa shape index (κ1) is 15.7. The lowest BCUT2D eigenvalue weighted by molar-refractivity contribution is -0.134. The summed E-state index contributed by atoms with van der Waals surface area (Å²) in [6.07, 6.45) is 0.212. The highest BCUT2D eigenvalue weighted by Crippen LogP contribution is 2.39. The molecule has 0 aliphatic rings. The average Bonchev–Trinajstić information content (AvgIpc) is 3.14. The van der Waals surface area contributed by atoms with Gasteiger partial charge in [-0.1, -0.05) is 18.5 Å². The van der Waals surface area contributed by atoms with Gasteiger partial charge >= 0.3 is 5.97 Å². The maximum absolute atomic E-state index is 13.0. The SMILES string of the molecule is CCC(=O)Oc1nc(-c2ccc(F)cc2)oc1-c1ccc(Cl)s1. The average molecular weight is 352 g/mol. The summed E-state index contributed by atoms with van der Waals surface area (Å²) >= 11 is 7.22. The lowest BCUT2D eigenvalue weighted by Gasteiger charge is -1.98. The van der Waals surface area contributed by atoms with Gasteiger partial charge in [0.1, 0.15) is 5.82 Å². The van der Waals surface area contributed by atoms with Gasteiger partial charge in [-0.25, -0.2) is 4.39 Å². The van der Waals surface area contributed by atoms with E-state index in [-0.39, 0.29) is 24.0 Å². The molecule has 0 saturated heterocycles. The van der Waals surface area contributed by atoms with E-state index in [4.69, 9.17) is 20.8 Å². The summed E-state index contributed by atoms with van der Waals surface area (Å²) in [4.78, 5) is 16.5. The molecule has 0 fully saturated rings. The predicted octanol–water partition coefficient (Wildman–Crippen LogP) is 5.18. The van der Waals surface area contributed by atoms with Gasteiger partial charge in [-0.2, -0.15) is 4.98 Å². The fourth-order valence-corrected chi connectivity index (χ4v) is 2.88. The van der Waals surface area contributed by atoms with Crippen LogP contribution in [0, 0.1) is 5.82 Å². The van der Waals surface area contributed by atoms with Gasteiger partial charge in [-0.15, -0.1) is 11.3 Å². The number of oxazole rings is 1. The van der Waals surface area contributed by atoms with E-state index in [0.29, 0.717) is 20.5 Å². The van der Waals surface area contributed by atoms with Crippen LogP contribution in [0.1, 0.15) is 13.3 Å². The van der Waals surface area contributed by atoms with Crippen LogP contribution < -0.4 is 4.74 Å². The molecule has 0 amide bonds. The van der Waals surface area contributed by atoms with Crippen molar-refractivity contribution in [2.75, 3.05) is 0 Å². The van der Waals surface area contributed by atoms with Crippen LogP contribution in [0.4, 0.5) is 4.39 Å². The Balaban J connectivity index is 2.05. The van der Waals surface area contributed by atoms with Crippen LogP contribution in [0.15, 0.2) is 40.8 Å². The van der Waals surface area contributed by atoms with Crippen molar-refractivity contribution in [1.82, 2.24) is 4.98 Å². The van der Waals surface area contributed by atoms with Crippen LogP contribution >= 0.6 is 22.9 Å². The van der Waals surface area contributed by atoms with Gasteiger partial charge in [0, 0.05) is 12.0 Å². The molecule has 0 N–H and O–H groups in total. The molecule has 2 heterocycles. The maximum atomic E-state index is 13.0. The third-order valence-electron chi connectivity index (χ3n) is 2.98. The van der Waals surface area contributed by atoms with Gasteiger partial charge in [0.15, 0.2) is 0 Å². The summed E-state index contributed by atoms with van der Waals surface area (Å²) in [5, 5.41) is 0. The topological polar surface area (TPSA) is 52.3 Å². The number of carbonyl (C=O) groups is 1. The highest BCUT2D eigenvalue weighted by molar-refractivity contribution is 7.19. The zero-order chi connectivity index (χ0) is 16.4. The number of hydrogen-bond donors (Lipinski definition) is 0. The summed E-state index contributed by atoms with van der Waals surface area (Å²) in [7, 11) is 0. The van der Waals surface area contributed by atoms with E-state index in [9.17, 15) is 9.18 Å². The molecule has 0 radical (unpaired) electrons. The number of rotatable bonds is 4. The standard InChI is InChI=1S/C16H11ClFNO3S/c1-2-13(20)21-16-14(11-7-8-12(17)23-11)22-15(19-16)9-3-5-10(18)6-4-9/h3-8H,2H2,1H3. The van der Waals surface area contributed by atoms with Crippen LogP contribution in [0.25, 0.3) is 22.1 Å². The number of thiophene rings is 1. The fraction of sp³-hybridized carbons (Fsp3) is 0.125. The van der Waals surface area contributed by atoms with E-state index in [1.165, 1.54) is 35.6 Å². The number of carbonyl (C=O) groups excluding carboxylic acids is 1. The minimum Gasteiger partial charge on any atom is -0.431 e. The van der Waals surface area contributed by atoms with E-state index < -0.39 is 5.97 Å². The van der Waals surface area contributed by atoms with Crippen LogP contribution in [-0.2, 0) is 4.79 Å². The number of nitrogens with zero attached hydrogens (tertiary/aromatic N) is 1. The summed E-state index contributed by atoms with van der Waals surface area (Å²) in [5.41, 5.74) is 0.578. The third-order valence-corrected chi connectivity index (χ3v) is 4.21. The van der Waals surface area contributed by atoms with Crippen molar-refractivity contribution in [3.8, 4) is 28.0 Å². The van der Waals surface area contributed by atoms with Crippen LogP contribution in [0.3, 0.4) is 0 Å². The molecule has 3 rings (SSSR count). The molecule has 3 aromatic rings. The molecule has 0 spiro atoms. The van der Waals surface area contributed by atoms with Crippen molar-refractivity contribution in [3.63, 3.8) is 0 Å². The Hall–Kier alpha value is -2.18. The minimum atomic E-state index is -0.423. The number of hydrogen-bond acceptors (Lipinski definition) is 5. The molecule has 1 aromatic carbocycles. The molecule has 7 heteroatoms. The van der Waals surface area contributed by atoms with Crippen molar-refractivity contribution in [3.05, 3.63) is 46.6 Å². The molecule has 0 aliphatic heterocycles. The Labute approximate surface area is 140 Å². The van der Waals surface area contributed by atoms with Crippen molar-refractivity contribution in [1.29, 1.82) is 0 Å². The number of aromatic nitrogens is 1. The van der Waals surface area contributed by atoms with Gasteiger partial charge < -0.3 is 9.15 Å². The largest absolute Gasteiger partial charge is 0.431 e. The first-order chi connectivity index (χ1) is 11.1. The Bertz CT molecular complexity index is 841. The van der Waals surface area contributed by atoms with Gasteiger partial charge in [0.05, 0.1) is 9.21 Å². The van der Waals surface area contributed by atoms with E-state index >= 15 is 0 Å². The molecular formula is C16H11ClFNO3S. The smallest absolute Gasteiger partial charge is 0.312 e. The summed E-state index contributed by atoms with van der Waals surface area (Å²) < 4.78 is 24.6. The van der Waals surface area contributed by atoms with Gasteiger partial charge in [-0.05, 0) is 36.4 Å². The van der Waals surface area contributed by atoms with Crippen molar-refractivity contribution >= 4 is 28.9 Å². The monoisotopic (exact) mass is 351 g/mol. The van der Waals surface area contributed by atoms with E-state index in [1.807, 2.05) is 0 Å². The third kappa shape index (κ3) is 3.43. The molecule has 0 unspecified atom stereocenters. The highest BCUT2D eigenvalue weighted by atomic mass is 35.5. The van der Waals surface area contributed by atoms with Crippen LogP contribution in [0.2, 0.25) is 4.34 Å². The fourth-order valence-electron chi connectivity index (χ4n) is 1.86. The number of halogens is 2. The number of ether oxygens (including phenoxy) is 1. The number of benzene rings is 1. The van der Waals surface area contributed by atoms with Crippen molar-refractivity contribution in [2.24, 2.45) is 0 Å². The maximum Gasteiger partial charge on any atom is 0.312 e. The second-order valence-corrected chi connectivity index (χ2v) is 6.31.